The highest BCUT2D eigenvalue weighted by Crippen LogP contribution is 2.39. The second kappa shape index (κ2) is 5.15. The van der Waals surface area contributed by atoms with Crippen LogP contribution in [0.3, 0.4) is 0 Å². The Bertz CT molecular complexity index is 375. The summed E-state index contributed by atoms with van der Waals surface area (Å²) in [5.41, 5.74) is 1.60. The molecule has 1 N–H and O–H groups in total. The largest absolute Gasteiger partial charge is 0.311 e. The van der Waals surface area contributed by atoms with Crippen LogP contribution in [0.25, 0.3) is 0 Å². The van der Waals surface area contributed by atoms with Crippen LogP contribution in [0.15, 0.2) is 21.2 Å². The van der Waals surface area contributed by atoms with E-state index in [4.69, 9.17) is 0 Å². The molecule has 88 valence electrons. The first-order valence-corrected chi connectivity index (χ1v) is 7.18. The van der Waals surface area contributed by atoms with E-state index in [1.807, 2.05) is 12.3 Å². The van der Waals surface area contributed by atoms with Crippen molar-refractivity contribution in [3.8, 4) is 0 Å². The Balaban J connectivity index is 1.85. The van der Waals surface area contributed by atoms with E-state index in [2.05, 4.69) is 49.1 Å². The zero-order valence-electron chi connectivity index (χ0n) is 9.39. The fourth-order valence-corrected chi connectivity index (χ4v) is 3.14. The van der Waals surface area contributed by atoms with Gasteiger partial charge < -0.3 is 5.32 Å². The van der Waals surface area contributed by atoms with Crippen LogP contribution in [0.1, 0.15) is 31.9 Å². The molecule has 0 bridgehead atoms. The molecular weight excluding hydrogens is 332 g/mol. The summed E-state index contributed by atoms with van der Waals surface area (Å²) >= 11 is 6.93. The highest BCUT2D eigenvalue weighted by atomic mass is 79.9. The number of halogens is 2. The second-order valence-corrected chi connectivity index (χ2v) is 6.62. The van der Waals surface area contributed by atoms with Gasteiger partial charge in [0, 0.05) is 28.2 Å². The number of hydrogen-bond donors (Lipinski definition) is 1. The van der Waals surface area contributed by atoms with Crippen molar-refractivity contribution < 1.29 is 0 Å². The van der Waals surface area contributed by atoms with Crippen molar-refractivity contribution in [3.63, 3.8) is 0 Å². The number of nitrogens with zero attached hydrogens (tertiary/aromatic N) is 1. The van der Waals surface area contributed by atoms with Crippen molar-refractivity contribution in [2.45, 2.75) is 32.7 Å². The molecule has 1 saturated carbocycles. The fourth-order valence-electron chi connectivity index (χ4n) is 2.01. The molecule has 0 radical (unpaired) electrons. The molecule has 16 heavy (non-hydrogen) atoms. The third-order valence-electron chi connectivity index (χ3n) is 3.29. The first-order chi connectivity index (χ1) is 7.59. The standard InChI is InChI=1S/C12H16Br2N2/c1-12(3-2-4-12)8-15-7-11-10(14)5-9(13)6-16-11/h5-6,15H,2-4,7-8H2,1H3. The number of hydrogen-bond acceptors (Lipinski definition) is 2. The van der Waals surface area contributed by atoms with Crippen molar-refractivity contribution >= 4 is 31.9 Å². The summed E-state index contributed by atoms with van der Waals surface area (Å²) in [6.45, 7) is 4.29. The number of aromatic nitrogens is 1. The van der Waals surface area contributed by atoms with Gasteiger partial charge in [0.15, 0.2) is 0 Å². The summed E-state index contributed by atoms with van der Waals surface area (Å²) in [5.74, 6) is 0. The molecule has 1 heterocycles. The van der Waals surface area contributed by atoms with Crippen LogP contribution in [-0.2, 0) is 6.54 Å². The normalized spacial score (nSPS) is 18.2. The maximum absolute atomic E-state index is 4.38. The quantitative estimate of drug-likeness (QED) is 0.893. The summed E-state index contributed by atoms with van der Waals surface area (Å²) in [5, 5.41) is 3.50. The van der Waals surface area contributed by atoms with E-state index in [0.29, 0.717) is 5.41 Å². The van der Waals surface area contributed by atoms with Crippen molar-refractivity contribution in [1.29, 1.82) is 0 Å². The lowest BCUT2D eigenvalue weighted by Crippen LogP contribution is -2.37. The van der Waals surface area contributed by atoms with Crippen molar-refractivity contribution in [2.24, 2.45) is 5.41 Å². The molecule has 1 aliphatic carbocycles. The van der Waals surface area contributed by atoms with Gasteiger partial charge in [-0.05, 0) is 56.2 Å². The smallest absolute Gasteiger partial charge is 0.0684 e. The predicted molar refractivity (Wildman–Crippen MR) is 73.3 cm³/mol. The third kappa shape index (κ3) is 3.05. The van der Waals surface area contributed by atoms with Crippen LogP contribution >= 0.6 is 31.9 Å². The summed E-state index contributed by atoms with van der Waals surface area (Å²) in [7, 11) is 0. The minimum absolute atomic E-state index is 0.530. The maximum Gasteiger partial charge on any atom is 0.0684 e. The topological polar surface area (TPSA) is 24.9 Å². The van der Waals surface area contributed by atoms with E-state index in [1.165, 1.54) is 19.3 Å². The van der Waals surface area contributed by atoms with Crippen LogP contribution in [0.4, 0.5) is 0 Å². The van der Waals surface area contributed by atoms with E-state index in [1.54, 1.807) is 0 Å². The Morgan fingerprint density at radius 2 is 2.19 bits per heavy atom. The van der Waals surface area contributed by atoms with E-state index in [9.17, 15) is 0 Å². The van der Waals surface area contributed by atoms with Crippen molar-refractivity contribution in [2.75, 3.05) is 6.54 Å². The average molecular weight is 348 g/mol. The van der Waals surface area contributed by atoms with Gasteiger partial charge in [-0.15, -0.1) is 0 Å². The Hall–Kier alpha value is 0.0700. The zero-order valence-corrected chi connectivity index (χ0v) is 12.6. The Morgan fingerprint density at radius 1 is 1.44 bits per heavy atom. The van der Waals surface area contributed by atoms with Gasteiger partial charge in [-0.3, -0.25) is 4.98 Å². The van der Waals surface area contributed by atoms with Crippen molar-refractivity contribution in [1.82, 2.24) is 10.3 Å². The number of rotatable bonds is 4. The lowest BCUT2D eigenvalue weighted by atomic mass is 9.70. The summed E-state index contributed by atoms with van der Waals surface area (Å²) in [4.78, 5) is 4.38. The van der Waals surface area contributed by atoms with Gasteiger partial charge in [-0.2, -0.15) is 0 Å². The van der Waals surface area contributed by atoms with Gasteiger partial charge >= 0.3 is 0 Å². The van der Waals surface area contributed by atoms with Gasteiger partial charge in [0.2, 0.25) is 0 Å². The Morgan fingerprint density at radius 3 is 2.75 bits per heavy atom. The molecule has 0 spiro atoms. The Labute approximate surface area is 113 Å². The van der Waals surface area contributed by atoms with Crippen LogP contribution in [-0.4, -0.2) is 11.5 Å². The molecule has 0 unspecified atom stereocenters. The molecule has 0 aromatic carbocycles. The number of pyridine rings is 1. The molecule has 2 rings (SSSR count). The summed E-state index contributed by atoms with van der Waals surface area (Å²) < 4.78 is 2.07. The van der Waals surface area contributed by atoms with Gasteiger partial charge in [-0.25, -0.2) is 0 Å². The van der Waals surface area contributed by atoms with Gasteiger partial charge in [0.1, 0.15) is 0 Å². The van der Waals surface area contributed by atoms with Crippen LogP contribution in [0, 0.1) is 5.41 Å². The summed E-state index contributed by atoms with van der Waals surface area (Å²) in [6.07, 6.45) is 5.94. The fraction of sp³-hybridized carbons (Fsp3) is 0.583. The summed E-state index contributed by atoms with van der Waals surface area (Å²) in [6, 6.07) is 2.04. The predicted octanol–water partition coefficient (Wildman–Crippen LogP) is 3.89. The molecule has 4 heteroatoms. The van der Waals surface area contributed by atoms with E-state index >= 15 is 0 Å². The second-order valence-electron chi connectivity index (χ2n) is 4.85. The Kier molecular flexibility index (Phi) is 4.03. The molecular formula is C12H16Br2N2. The molecule has 1 aromatic rings. The lowest BCUT2D eigenvalue weighted by molar-refractivity contribution is 0.156. The highest BCUT2D eigenvalue weighted by Gasteiger charge is 2.30. The van der Waals surface area contributed by atoms with E-state index in [0.717, 1.165) is 27.7 Å². The third-order valence-corrected chi connectivity index (χ3v) is 4.41. The molecule has 1 aliphatic rings. The maximum atomic E-state index is 4.38. The van der Waals surface area contributed by atoms with Gasteiger partial charge in [0.05, 0.1) is 5.69 Å². The van der Waals surface area contributed by atoms with Gasteiger partial charge in [-0.1, -0.05) is 13.3 Å². The minimum atomic E-state index is 0.530. The molecule has 0 saturated heterocycles. The van der Waals surface area contributed by atoms with Crippen LogP contribution in [0.5, 0.6) is 0 Å². The van der Waals surface area contributed by atoms with Crippen molar-refractivity contribution in [3.05, 3.63) is 26.9 Å². The lowest BCUT2D eigenvalue weighted by Gasteiger charge is -2.38. The van der Waals surface area contributed by atoms with E-state index in [-0.39, 0.29) is 0 Å². The van der Waals surface area contributed by atoms with E-state index < -0.39 is 0 Å². The average Bonchev–Trinajstić information content (AvgIpc) is 2.19. The first-order valence-electron chi connectivity index (χ1n) is 5.60. The molecule has 1 aromatic heterocycles. The molecule has 0 amide bonds. The molecule has 2 nitrogen and oxygen atoms in total. The van der Waals surface area contributed by atoms with Crippen LogP contribution in [0.2, 0.25) is 0 Å². The minimum Gasteiger partial charge on any atom is -0.311 e. The molecule has 0 aliphatic heterocycles. The SMILES string of the molecule is CC1(CNCc2ncc(Br)cc2Br)CCC1. The monoisotopic (exact) mass is 346 g/mol. The zero-order chi connectivity index (χ0) is 11.6. The molecule has 0 atom stereocenters. The van der Waals surface area contributed by atoms with Gasteiger partial charge in [0.25, 0.3) is 0 Å². The molecule has 1 fully saturated rings. The highest BCUT2D eigenvalue weighted by molar-refractivity contribution is 9.11. The first kappa shape index (κ1) is 12.5. The number of nitrogens with one attached hydrogen (secondary N) is 1. The van der Waals surface area contributed by atoms with Crippen LogP contribution < -0.4 is 5.32 Å².